The fourth-order valence-corrected chi connectivity index (χ4v) is 2.53. The molecular formula is C16H21NO4. The highest BCUT2D eigenvalue weighted by molar-refractivity contribution is 5.80. The summed E-state index contributed by atoms with van der Waals surface area (Å²) in [6, 6.07) is 5.69. The molecule has 0 spiro atoms. The minimum atomic E-state index is -0.840. The topological polar surface area (TPSA) is 66.8 Å². The minimum absolute atomic E-state index is 0.0203. The molecule has 2 unspecified atom stereocenters. The van der Waals surface area contributed by atoms with E-state index in [9.17, 15) is 9.59 Å². The van der Waals surface area contributed by atoms with Crippen LogP contribution in [0.1, 0.15) is 18.1 Å². The first-order valence-corrected chi connectivity index (χ1v) is 7.09. The van der Waals surface area contributed by atoms with Gasteiger partial charge in [0.05, 0.1) is 5.92 Å². The maximum Gasteiger partial charge on any atom is 0.308 e. The van der Waals surface area contributed by atoms with Crippen molar-refractivity contribution in [2.24, 2.45) is 11.8 Å². The van der Waals surface area contributed by atoms with Gasteiger partial charge in [0.25, 0.3) is 5.91 Å². The van der Waals surface area contributed by atoms with Crippen LogP contribution in [0.3, 0.4) is 0 Å². The molecule has 1 N–H and O–H groups in total. The van der Waals surface area contributed by atoms with Gasteiger partial charge in [-0.1, -0.05) is 13.0 Å². The van der Waals surface area contributed by atoms with Crippen LogP contribution >= 0.6 is 0 Å². The van der Waals surface area contributed by atoms with Crippen molar-refractivity contribution < 1.29 is 19.4 Å². The normalized spacial score (nSPS) is 21.4. The van der Waals surface area contributed by atoms with E-state index in [2.05, 4.69) is 0 Å². The standard InChI is InChI=1S/C16H21NO4/c1-10-4-5-13(6-11(10)2)21-9-15(18)17-7-12(3)14(8-17)16(19)20/h4-6,12,14H,7-9H2,1-3H3,(H,19,20). The molecule has 1 saturated heterocycles. The molecule has 21 heavy (non-hydrogen) atoms. The molecule has 2 atom stereocenters. The van der Waals surface area contributed by atoms with Crippen LogP contribution in [0.15, 0.2) is 18.2 Å². The highest BCUT2D eigenvalue weighted by atomic mass is 16.5. The highest BCUT2D eigenvalue weighted by Crippen LogP contribution is 2.23. The van der Waals surface area contributed by atoms with Crippen LogP contribution < -0.4 is 4.74 Å². The van der Waals surface area contributed by atoms with Gasteiger partial charge < -0.3 is 14.7 Å². The molecular weight excluding hydrogens is 270 g/mol. The Kier molecular flexibility index (Phi) is 4.50. The average Bonchev–Trinajstić information content (AvgIpc) is 2.82. The monoisotopic (exact) mass is 291 g/mol. The number of rotatable bonds is 4. The second kappa shape index (κ2) is 6.16. The molecule has 1 fully saturated rings. The first-order chi connectivity index (χ1) is 9.88. The predicted octanol–water partition coefficient (Wildman–Crippen LogP) is 1.86. The number of hydrogen-bond donors (Lipinski definition) is 1. The van der Waals surface area contributed by atoms with Crippen LogP contribution in [0.25, 0.3) is 0 Å². The van der Waals surface area contributed by atoms with E-state index in [0.29, 0.717) is 12.3 Å². The number of carboxylic acids is 1. The minimum Gasteiger partial charge on any atom is -0.484 e. The Labute approximate surface area is 124 Å². The quantitative estimate of drug-likeness (QED) is 0.919. The second-order valence-corrected chi connectivity index (χ2v) is 5.76. The summed E-state index contributed by atoms with van der Waals surface area (Å²) in [5.74, 6) is -0.839. The van der Waals surface area contributed by atoms with Crippen LogP contribution in [0.5, 0.6) is 5.75 Å². The van der Waals surface area contributed by atoms with Gasteiger partial charge in [-0.15, -0.1) is 0 Å². The molecule has 1 aliphatic heterocycles. The smallest absolute Gasteiger partial charge is 0.308 e. The zero-order valence-corrected chi connectivity index (χ0v) is 12.6. The molecule has 1 aliphatic rings. The fourth-order valence-electron chi connectivity index (χ4n) is 2.53. The molecule has 2 rings (SSSR count). The van der Waals surface area contributed by atoms with Gasteiger partial charge in [-0.2, -0.15) is 0 Å². The third-order valence-corrected chi connectivity index (χ3v) is 4.12. The van der Waals surface area contributed by atoms with E-state index in [1.807, 2.05) is 39.0 Å². The molecule has 1 aromatic rings. The van der Waals surface area contributed by atoms with E-state index in [1.54, 1.807) is 4.90 Å². The van der Waals surface area contributed by atoms with Gasteiger partial charge >= 0.3 is 5.97 Å². The number of ether oxygens (including phenoxy) is 1. The van der Waals surface area contributed by atoms with Crippen molar-refractivity contribution in [2.45, 2.75) is 20.8 Å². The van der Waals surface area contributed by atoms with E-state index >= 15 is 0 Å². The van der Waals surface area contributed by atoms with Crippen molar-refractivity contribution in [2.75, 3.05) is 19.7 Å². The number of nitrogens with zero attached hydrogens (tertiary/aromatic N) is 1. The Morgan fingerprint density at radius 3 is 2.57 bits per heavy atom. The zero-order valence-electron chi connectivity index (χ0n) is 12.6. The Hall–Kier alpha value is -2.04. The summed E-state index contributed by atoms with van der Waals surface area (Å²) >= 11 is 0. The Morgan fingerprint density at radius 2 is 2.00 bits per heavy atom. The number of likely N-dealkylation sites (tertiary alicyclic amines) is 1. The number of carbonyl (C=O) groups is 2. The lowest BCUT2D eigenvalue weighted by atomic mass is 9.99. The maximum absolute atomic E-state index is 12.1. The summed E-state index contributed by atoms with van der Waals surface area (Å²) in [5, 5.41) is 9.08. The van der Waals surface area contributed by atoms with Gasteiger partial charge in [0.15, 0.2) is 6.61 Å². The molecule has 5 nitrogen and oxygen atoms in total. The average molecular weight is 291 g/mol. The Balaban J connectivity index is 1.90. The summed E-state index contributed by atoms with van der Waals surface area (Å²) in [6.45, 7) is 6.56. The highest BCUT2D eigenvalue weighted by Gasteiger charge is 2.36. The molecule has 1 amide bonds. The van der Waals surface area contributed by atoms with E-state index in [0.717, 1.165) is 5.56 Å². The predicted molar refractivity (Wildman–Crippen MR) is 78.3 cm³/mol. The SMILES string of the molecule is Cc1ccc(OCC(=O)N2CC(C)C(C(=O)O)C2)cc1C. The van der Waals surface area contributed by atoms with Crippen LogP contribution in [0, 0.1) is 25.7 Å². The molecule has 1 aromatic carbocycles. The molecule has 0 aliphatic carbocycles. The summed E-state index contributed by atoms with van der Waals surface area (Å²) < 4.78 is 5.51. The van der Waals surface area contributed by atoms with Crippen LogP contribution in [0.2, 0.25) is 0 Å². The van der Waals surface area contributed by atoms with Gasteiger partial charge in [-0.3, -0.25) is 9.59 Å². The Morgan fingerprint density at radius 1 is 1.29 bits per heavy atom. The number of hydrogen-bond acceptors (Lipinski definition) is 3. The number of carbonyl (C=O) groups excluding carboxylic acids is 1. The van der Waals surface area contributed by atoms with Crippen molar-refractivity contribution >= 4 is 11.9 Å². The molecule has 5 heteroatoms. The molecule has 0 saturated carbocycles. The molecule has 0 aromatic heterocycles. The van der Waals surface area contributed by atoms with Crippen molar-refractivity contribution in [3.8, 4) is 5.75 Å². The van der Waals surface area contributed by atoms with Crippen molar-refractivity contribution in [3.63, 3.8) is 0 Å². The zero-order chi connectivity index (χ0) is 15.6. The van der Waals surface area contributed by atoms with Gasteiger partial charge in [0.2, 0.25) is 0 Å². The van der Waals surface area contributed by atoms with E-state index in [-0.39, 0.29) is 25.0 Å². The molecule has 0 bridgehead atoms. The van der Waals surface area contributed by atoms with Gasteiger partial charge in [0, 0.05) is 13.1 Å². The second-order valence-electron chi connectivity index (χ2n) is 5.76. The van der Waals surface area contributed by atoms with E-state index < -0.39 is 11.9 Å². The van der Waals surface area contributed by atoms with Crippen molar-refractivity contribution in [3.05, 3.63) is 29.3 Å². The molecule has 1 heterocycles. The number of aryl methyl sites for hydroxylation is 2. The molecule has 114 valence electrons. The van der Waals surface area contributed by atoms with Crippen LogP contribution in [-0.4, -0.2) is 41.6 Å². The summed E-state index contributed by atoms with van der Waals surface area (Å²) in [4.78, 5) is 24.7. The van der Waals surface area contributed by atoms with Crippen molar-refractivity contribution in [1.29, 1.82) is 0 Å². The number of carboxylic acid groups (broad SMARTS) is 1. The number of benzene rings is 1. The van der Waals surface area contributed by atoms with E-state index in [4.69, 9.17) is 9.84 Å². The van der Waals surface area contributed by atoms with Gasteiger partial charge in [-0.05, 0) is 43.0 Å². The summed E-state index contributed by atoms with van der Waals surface area (Å²) in [6.07, 6.45) is 0. The van der Waals surface area contributed by atoms with Crippen molar-refractivity contribution in [1.82, 2.24) is 4.90 Å². The Bertz CT molecular complexity index is 555. The fraction of sp³-hybridized carbons (Fsp3) is 0.500. The first-order valence-electron chi connectivity index (χ1n) is 7.09. The lowest BCUT2D eigenvalue weighted by Gasteiger charge is -2.16. The summed E-state index contributed by atoms with van der Waals surface area (Å²) in [5.41, 5.74) is 2.28. The lowest BCUT2D eigenvalue weighted by molar-refractivity contribution is -0.142. The first kappa shape index (κ1) is 15.4. The van der Waals surface area contributed by atoms with Gasteiger partial charge in [0.1, 0.15) is 5.75 Å². The summed E-state index contributed by atoms with van der Waals surface area (Å²) in [7, 11) is 0. The van der Waals surface area contributed by atoms with Gasteiger partial charge in [-0.25, -0.2) is 0 Å². The maximum atomic E-state index is 12.1. The number of amides is 1. The van der Waals surface area contributed by atoms with E-state index in [1.165, 1.54) is 5.56 Å². The third kappa shape index (κ3) is 3.54. The lowest BCUT2D eigenvalue weighted by Crippen LogP contribution is -2.33. The third-order valence-electron chi connectivity index (χ3n) is 4.12. The van der Waals surface area contributed by atoms with Crippen LogP contribution in [0.4, 0.5) is 0 Å². The van der Waals surface area contributed by atoms with Crippen LogP contribution in [-0.2, 0) is 9.59 Å². The largest absolute Gasteiger partial charge is 0.484 e. The molecule has 0 radical (unpaired) electrons. The number of aliphatic carboxylic acids is 1.